The van der Waals surface area contributed by atoms with Crippen LogP contribution in [0, 0.1) is 5.92 Å². The third-order valence-corrected chi connectivity index (χ3v) is 5.01. The number of rotatable bonds is 8. The van der Waals surface area contributed by atoms with Crippen LogP contribution in [0.15, 0.2) is 40.8 Å². The number of hydrogen-bond donors (Lipinski definition) is 0. The number of furan rings is 1. The lowest BCUT2D eigenvalue weighted by Gasteiger charge is -2.26. The van der Waals surface area contributed by atoms with Crippen LogP contribution in [0.5, 0.6) is 11.7 Å². The maximum Gasteiger partial charge on any atom is 0.290 e. The Labute approximate surface area is 182 Å². The number of amides is 2. The van der Waals surface area contributed by atoms with Crippen molar-refractivity contribution in [3.8, 4) is 11.7 Å². The molecule has 1 aliphatic rings. The van der Waals surface area contributed by atoms with Crippen molar-refractivity contribution >= 4 is 11.8 Å². The maximum atomic E-state index is 13.0. The van der Waals surface area contributed by atoms with Gasteiger partial charge in [-0.3, -0.25) is 9.59 Å². The van der Waals surface area contributed by atoms with Crippen LogP contribution in [0.4, 0.5) is 0 Å². The van der Waals surface area contributed by atoms with Gasteiger partial charge < -0.3 is 28.4 Å². The molecule has 1 aliphatic heterocycles. The number of hydrogen-bond acceptors (Lipinski definition) is 6. The summed E-state index contributed by atoms with van der Waals surface area (Å²) in [6.07, 6.45) is -0.336. The fraction of sp³-hybridized carbons (Fsp3) is 0.478. The summed E-state index contributed by atoms with van der Waals surface area (Å²) in [4.78, 5) is 29.1. The van der Waals surface area contributed by atoms with Crippen molar-refractivity contribution in [1.29, 1.82) is 0 Å². The average molecular weight is 431 g/mol. The van der Waals surface area contributed by atoms with Crippen molar-refractivity contribution in [2.24, 2.45) is 5.92 Å². The number of ether oxygens (including phenoxy) is 3. The largest absolute Gasteiger partial charge is 0.497 e. The second-order valence-corrected chi connectivity index (χ2v) is 7.99. The van der Waals surface area contributed by atoms with Gasteiger partial charge in [0, 0.05) is 25.7 Å². The van der Waals surface area contributed by atoms with Gasteiger partial charge in [0.1, 0.15) is 12.3 Å². The molecule has 0 bridgehead atoms. The molecule has 1 saturated heterocycles. The van der Waals surface area contributed by atoms with E-state index in [0.29, 0.717) is 25.6 Å². The molecule has 2 heterocycles. The van der Waals surface area contributed by atoms with E-state index in [4.69, 9.17) is 18.6 Å². The molecule has 1 fully saturated rings. The van der Waals surface area contributed by atoms with Gasteiger partial charge in [-0.05, 0) is 29.7 Å². The van der Waals surface area contributed by atoms with E-state index in [0.717, 1.165) is 11.3 Å². The summed E-state index contributed by atoms with van der Waals surface area (Å²) in [6.45, 7) is 5.76. The molecule has 0 saturated carbocycles. The summed E-state index contributed by atoms with van der Waals surface area (Å²) in [5, 5.41) is 0. The minimum absolute atomic E-state index is 0.0202. The monoisotopic (exact) mass is 430 g/mol. The van der Waals surface area contributed by atoms with Gasteiger partial charge in [0.25, 0.3) is 11.9 Å². The summed E-state index contributed by atoms with van der Waals surface area (Å²) in [5.41, 5.74) is 0.957. The number of methoxy groups -OCH3 is 2. The Kier molecular flexibility index (Phi) is 7.57. The van der Waals surface area contributed by atoms with Crippen LogP contribution in [0.2, 0.25) is 0 Å². The van der Waals surface area contributed by atoms with Crippen LogP contribution in [-0.2, 0) is 16.1 Å². The zero-order chi connectivity index (χ0) is 22.4. The first-order chi connectivity index (χ1) is 14.9. The van der Waals surface area contributed by atoms with E-state index in [9.17, 15) is 9.59 Å². The molecule has 8 nitrogen and oxygen atoms in total. The molecule has 168 valence electrons. The van der Waals surface area contributed by atoms with Crippen LogP contribution >= 0.6 is 0 Å². The number of carbonyl (C=O) groups is 2. The van der Waals surface area contributed by atoms with E-state index in [-0.39, 0.29) is 42.7 Å². The molecule has 0 aliphatic carbocycles. The Bertz CT molecular complexity index is 894. The zero-order valence-corrected chi connectivity index (χ0v) is 18.5. The molecule has 1 aromatic carbocycles. The van der Waals surface area contributed by atoms with E-state index in [1.807, 2.05) is 24.3 Å². The van der Waals surface area contributed by atoms with E-state index >= 15 is 0 Å². The molecule has 0 N–H and O–H groups in total. The molecule has 2 amide bonds. The molecular weight excluding hydrogens is 400 g/mol. The van der Waals surface area contributed by atoms with Crippen LogP contribution in [0.25, 0.3) is 0 Å². The highest BCUT2D eigenvalue weighted by atomic mass is 16.6. The first-order valence-electron chi connectivity index (χ1n) is 10.3. The summed E-state index contributed by atoms with van der Waals surface area (Å²) >= 11 is 0. The summed E-state index contributed by atoms with van der Waals surface area (Å²) < 4.78 is 21.9. The summed E-state index contributed by atoms with van der Waals surface area (Å²) in [7, 11) is 3.09. The lowest BCUT2D eigenvalue weighted by atomic mass is 10.2. The van der Waals surface area contributed by atoms with Crippen molar-refractivity contribution in [3.05, 3.63) is 47.7 Å². The molecule has 1 atom stereocenters. The molecule has 3 rings (SSSR count). The summed E-state index contributed by atoms with van der Waals surface area (Å²) in [5.74, 6) is 0.970. The maximum absolute atomic E-state index is 13.0. The van der Waals surface area contributed by atoms with Gasteiger partial charge >= 0.3 is 0 Å². The molecular formula is C23H30N2O6. The van der Waals surface area contributed by atoms with Gasteiger partial charge in [0.2, 0.25) is 5.91 Å². The minimum atomic E-state index is -0.363. The molecule has 0 unspecified atom stereocenters. The first kappa shape index (κ1) is 22.7. The molecule has 2 aromatic rings. The lowest BCUT2D eigenvalue weighted by Crippen LogP contribution is -2.40. The number of carbonyl (C=O) groups excluding carboxylic acids is 2. The average Bonchev–Trinajstić information content (AvgIpc) is 3.19. The molecule has 31 heavy (non-hydrogen) atoms. The molecule has 0 spiro atoms. The van der Waals surface area contributed by atoms with E-state index in [1.165, 1.54) is 12.0 Å². The Morgan fingerprint density at radius 2 is 1.97 bits per heavy atom. The van der Waals surface area contributed by atoms with E-state index < -0.39 is 0 Å². The second-order valence-electron chi connectivity index (χ2n) is 7.99. The van der Waals surface area contributed by atoms with Gasteiger partial charge in [-0.25, -0.2) is 0 Å². The van der Waals surface area contributed by atoms with Crippen molar-refractivity contribution in [1.82, 2.24) is 9.80 Å². The highest BCUT2D eigenvalue weighted by Gasteiger charge is 2.32. The number of nitrogens with zero attached hydrogens (tertiary/aromatic N) is 2. The van der Waals surface area contributed by atoms with Gasteiger partial charge in [0.05, 0.1) is 26.9 Å². The van der Waals surface area contributed by atoms with Crippen molar-refractivity contribution in [3.63, 3.8) is 0 Å². The SMILES string of the molecule is COc1cccc(CO[C@@H]2CN(CC(C)C)C(=O)CN(C(=O)c3ccc(OC)o3)C2)c1. The minimum Gasteiger partial charge on any atom is -0.497 e. The standard InChI is InChI=1S/C23H30N2O6/c1-16(2)11-24-12-19(30-15-17-6-5-7-18(10-17)28-3)13-25(14-21(24)26)23(27)20-8-9-22(29-4)31-20/h5-10,16,19H,11-15H2,1-4H3/t19-/m1/s1. The van der Waals surface area contributed by atoms with Crippen LogP contribution < -0.4 is 9.47 Å². The van der Waals surface area contributed by atoms with Crippen molar-refractivity contribution in [2.75, 3.05) is 40.4 Å². The Morgan fingerprint density at radius 3 is 2.65 bits per heavy atom. The third-order valence-electron chi connectivity index (χ3n) is 5.01. The highest BCUT2D eigenvalue weighted by molar-refractivity contribution is 5.94. The Hall–Kier alpha value is -3.00. The molecule has 8 heteroatoms. The third kappa shape index (κ3) is 6.01. The Balaban J connectivity index is 1.76. The predicted octanol–water partition coefficient (Wildman–Crippen LogP) is 2.82. The highest BCUT2D eigenvalue weighted by Crippen LogP contribution is 2.20. The smallest absolute Gasteiger partial charge is 0.290 e. The van der Waals surface area contributed by atoms with Gasteiger partial charge in [-0.15, -0.1) is 0 Å². The van der Waals surface area contributed by atoms with Crippen LogP contribution in [0.1, 0.15) is 30.0 Å². The summed E-state index contributed by atoms with van der Waals surface area (Å²) in [6, 6.07) is 10.8. The first-order valence-corrected chi connectivity index (χ1v) is 10.3. The topological polar surface area (TPSA) is 81.5 Å². The van der Waals surface area contributed by atoms with Gasteiger partial charge in [-0.1, -0.05) is 26.0 Å². The lowest BCUT2D eigenvalue weighted by molar-refractivity contribution is -0.132. The normalized spacial score (nSPS) is 17.1. The second kappa shape index (κ2) is 10.3. The van der Waals surface area contributed by atoms with Gasteiger partial charge in [0.15, 0.2) is 5.76 Å². The quantitative estimate of drug-likeness (QED) is 0.641. The molecule has 0 radical (unpaired) electrons. The van der Waals surface area contributed by atoms with E-state index in [1.54, 1.807) is 24.1 Å². The fourth-order valence-corrected chi connectivity index (χ4v) is 3.53. The van der Waals surface area contributed by atoms with Gasteiger partial charge in [-0.2, -0.15) is 0 Å². The van der Waals surface area contributed by atoms with Crippen molar-refractivity contribution in [2.45, 2.75) is 26.6 Å². The zero-order valence-electron chi connectivity index (χ0n) is 18.5. The fourth-order valence-electron chi connectivity index (χ4n) is 3.53. The molecule has 1 aromatic heterocycles. The van der Waals surface area contributed by atoms with Crippen LogP contribution in [0.3, 0.4) is 0 Å². The number of benzene rings is 1. The Morgan fingerprint density at radius 1 is 1.16 bits per heavy atom. The van der Waals surface area contributed by atoms with Crippen LogP contribution in [-0.4, -0.2) is 68.1 Å². The predicted molar refractivity (Wildman–Crippen MR) is 114 cm³/mol. The van der Waals surface area contributed by atoms with Crippen molar-refractivity contribution < 1.29 is 28.2 Å². The van der Waals surface area contributed by atoms with E-state index in [2.05, 4.69) is 13.8 Å².